The number of amides is 1. The number of fused-ring (bicyclic) bond motifs is 2. The fourth-order valence-electron chi connectivity index (χ4n) is 5.45. The summed E-state index contributed by atoms with van der Waals surface area (Å²) in [6.07, 6.45) is 5.11. The molecule has 1 aliphatic carbocycles. The third-order valence-corrected chi connectivity index (χ3v) is 8.02. The van der Waals surface area contributed by atoms with E-state index in [1.54, 1.807) is 6.20 Å². The lowest BCUT2D eigenvalue weighted by molar-refractivity contribution is -0.132. The number of hydrogen-bond acceptors (Lipinski definition) is 5. The van der Waals surface area contributed by atoms with Crippen LogP contribution in [0.1, 0.15) is 43.7 Å². The molecule has 6 nitrogen and oxygen atoms in total. The Bertz CT molecular complexity index is 1100. The number of carbonyl (C=O) groups excluding carboxylic acids is 1. The second-order valence-corrected chi connectivity index (χ2v) is 10.4. The van der Waals surface area contributed by atoms with Gasteiger partial charge in [-0.25, -0.2) is 9.37 Å². The Hall–Kier alpha value is -2.50. The highest BCUT2D eigenvalue weighted by Crippen LogP contribution is 2.46. The molecule has 8 heteroatoms. The van der Waals surface area contributed by atoms with Crippen molar-refractivity contribution in [2.45, 2.75) is 50.2 Å². The second-order valence-electron chi connectivity index (χ2n) is 9.54. The van der Waals surface area contributed by atoms with Gasteiger partial charge in [-0.3, -0.25) is 4.79 Å². The summed E-state index contributed by atoms with van der Waals surface area (Å²) in [5, 5.41) is 12.6. The Kier molecular flexibility index (Phi) is 5.87. The molecule has 172 valence electrons. The summed E-state index contributed by atoms with van der Waals surface area (Å²) in [4.78, 5) is 21.9. The summed E-state index contributed by atoms with van der Waals surface area (Å²) in [5.74, 6) is 1.29. The van der Waals surface area contributed by atoms with Gasteiger partial charge in [0.1, 0.15) is 17.7 Å². The Morgan fingerprint density at radius 3 is 2.79 bits per heavy atom. The number of nitrogens with zero attached hydrogens (tertiary/aromatic N) is 4. The lowest BCUT2D eigenvalue weighted by Crippen LogP contribution is -2.56. The zero-order valence-electron chi connectivity index (χ0n) is 18.6. The third-order valence-electron chi connectivity index (χ3n) is 7.41. The molecule has 3 heterocycles. The van der Waals surface area contributed by atoms with Gasteiger partial charge in [-0.2, -0.15) is 5.26 Å². The summed E-state index contributed by atoms with van der Waals surface area (Å²) < 4.78 is 14.1. The van der Waals surface area contributed by atoms with Gasteiger partial charge in [0.2, 0.25) is 5.91 Å². The molecule has 3 fully saturated rings. The average molecular weight is 512 g/mol. The molecule has 1 aromatic heterocycles. The van der Waals surface area contributed by atoms with Crippen LogP contribution in [0.25, 0.3) is 0 Å². The second kappa shape index (κ2) is 8.69. The van der Waals surface area contributed by atoms with E-state index < -0.39 is 0 Å². The summed E-state index contributed by atoms with van der Waals surface area (Å²) in [6, 6.07) is 11.5. The van der Waals surface area contributed by atoms with E-state index in [4.69, 9.17) is 5.26 Å². The summed E-state index contributed by atoms with van der Waals surface area (Å²) >= 11 is 3.27. The predicted octanol–water partition coefficient (Wildman–Crippen LogP) is 3.95. The largest absolute Gasteiger partial charge is 0.347 e. The molecule has 2 unspecified atom stereocenters. The smallest absolute Gasteiger partial charge is 0.223 e. The molecule has 1 N–H and O–H groups in total. The van der Waals surface area contributed by atoms with Gasteiger partial charge in [-0.05, 0) is 70.9 Å². The van der Waals surface area contributed by atoms with E-state index in [1.165, 1.54) is 6.07 Å². The van der Waals surface area contributed by atoms with E-state index in [2.05, 4.69) is 44.1 Å². The minimum atomic E-state index is -0.260. The van der Waals surface area contributed by atoms with Crippen LogP contribution in [0.5, 0.6) is 0 Å². The number of piperazine rings is 1. The van der Waals surface area contributed by atoms with E-state index >= 15 is 0 Å². The number of hydrogen-bond donors (Lipinski definition) is 1. The van der Waals surface area contributed by atoms with Gasteiger partial charge < -0.3 is 15.1 Å². The summed E-state index contributed by atoms with van der Waals surface area (Å²) in [7, 11) is 0. The maximum atomic E-state index is 13.6. The van der Waals surface area contributed by atoms with Crippen molar-refractivity contribution in [2.24, 2.45) is 5.92 Å². The lowest BCUT2D eigenvalue weighted by atomic mass is 10.0. The normalized spacial score (nSPS) is 25.1. The number of nitrogens with one attached hydrogen (secondary N) is 1. The number of pyridine rings is 1. The van der Waals surface area contributed by atoms with Crippen LogP contribution < -0.4 is 10.2 Å². The minimum absolute atomic E-state index is 0.135. The van der Waals surface area contributed by atoms with Crippen molar-refractivity contribution < 1.29 is 9.18 Å². The van der Waals surface area contributed by atoms with Gasteiger partial charge in [0.05, 0.1) is 16.1 Å². The molecule has 0 radical (unpaired) electrons. The number of nitriles is 1. The number of rotatable bonds is 6. The van der Waals surface area contributed by atoms with Crippen LogP contribution in [-0.2, 0) is 10.3 Å². The first-order valence-electron chi connectivity index (χ1n) is 11.5. The van der Waals surface area contributed by atoms with E-state index in [1.807, 2.05) is 29.2 Å². The fourth-order valence-corrected chi connectivity index (χ4v) is 5.83. The van der Waals surface area contributed by atoms with Crippen LogP contribution in [0.4, 0.5) is 10.2 Å². The first-order valence-corrected chi connectivity index (χ1v) is 12.3. The van der Waals surface area contributed by atoms with Crippen LogP contribution in [0, 0.1) is 23.1 Å². The van der Waals surface area contributed by atoms with Crippen molar-refractivity contribution in [3.63, 3.8) is 0 Å². The van der Waals surface area contributed by atoms with Crippen LogP contribution in [0.3, 0.4) is 0 Å². The first-order chi connectivity index (χ1) is 15.9. The maximum absolute atomic E-state index is 13.6. The Morgan fingerprint density at radius 2 is 2.15 bits per heavy atom. The van der Waals surface area contributed by atoms with Crippen molar-refractivity contribution >= 4 is 27.7 Å². The zero-order chi connectivity index (χ0) is 23.2. The topological polar surface area (TPSA) is 72.3 Å². The number of aromatic nitrogens is 1. The molecular formula is C25H27BrFN5O. The fraction of sp³-hybridized carbons (Fsp3) is 0.480. The van der Waals surface area contributed by atoms with Crippen molar-refractivity contribution in [3.8, 4) is 6.07 Å². The molecule has 33 heavy (non-hydrogen) atoms. The van der Waals surface area contributed by atoms with Crippen LogP contribution in [-0.4, -0.2) is 47.5 Å². The molecule has 1 saturated carbocycles. The van der Waals surface area contributed by atoms with Crippen molar-refractivity contribution in [1.82, 2.24) is 15.2 Å². The molecule has 1 amide bonds. The van der Waals surface area contributed by atoms with Crippen molar-refractivity contribution in [1.29, 1.82) is 5.26 Å². The first kappa shape index (κ1) is 22.3. The summed E-state index contributed by atoms with van der Waals surface area (Å²) in [5.41, 5.74) is 1.49. The zero-order valence-corrected chi connectivity index (χ0v) is 20.2. The van der Waals surface area contributed by atoms with Crippen LogP contribution >= 0.6 is 15.9 Å². The Morgan fingerprint density at radius 1 is 1.33 bits per heavy atom. The number of benzene rings is 1. The predicted molar refractivity (Wildman–Crippen MR) is 127 cm³/mol. The highest BCUT2D eigenvalue weighted by Gasteiger charge is 2.46. The Balaban J connectivity index is 1.19. The van der Waals surface area contributed by atoms with Crippen LogP contribution in [0.15, 0.2) is 41.0 Å². The molecule has 3 aliphatic rings. The Labute approximate surface area is 201 Å². The standard InChI is InChI=1S/C25H27BrFN5O/c1-16-10-19-14-31(15-22(16)32(19)23-5-2-17(12-28)13-29-23)24(33)6-9-30-25(7-8-25)18-3-4-21(27)20(26)11-18/h2-5,11,13,16,19,22,30H,6-10,14-15H2,1H3/t16-,19?,22?/m0/s1. The summed E-state index contributed by atoms with van der Waals surface area (Å²) in [6.45, 7) is 4.26. The number of halogens is 2. The van der Waals surface area contributed by atoms with Gasteiger partial charge >= 0.3 is 0 Å². The van der Waals surface area contributed by atoms with E-state index in [0.717, 1.165) is 30.6 Å². The molecule has 0 spiro atoms. The minimum Gasteiger partial charge on any atom is -0.347 e. The molecule has 2 aliphatic heterocycles. The monoisotopic (exact) mass is 511 g/mol. The maximum Gasteiger partial charge on any atom is 0.223 e. The molecule has 2 aromatic rings. The molecule has 5 rings (SSSR count). The van der Waals surface area contributed by atoms with E-state index in [0.29, 0.717) is 42.0 Å². The molecule has 3 atom stereocenters. The van der Waals surface area contributed by atoms with Gasteiger partial charge in [0.25, 0.3) is 0 Å². The lowest BCUT2D eigenvalue weighted by Gasteiger charge is -2.42. The highest BCUT2D eigenvalue weighted by atomic mass is 79.9. The van der Waals surface area contributed by atoms with E-state index in [9.17, 15) is 9.18 Å². The van der Waals surface area contributed by atoms with E-state index in [-0.39, 0.29) is 29.3 Å². The molecule has 2 saturated heterocycles. The molecule has 2 bridgehead atoms. The number of likely N-dealkylation sites (tertiary alicyclic amines) is 1. The third kappa shape index (κ3) is 4.24. The van der Waals surface area contributed by atoms with Gasteiger partial charge in [-0.15, -0.1) is 0 Å². The van der Waals surface area contributed by atoms with Crippen molar-refractivity contribution in [3.05, 3.63) is 57.9 Å². The molecular weight excluding hydrogens is 485 g/mol. The SMILES string of the molecule is C[C@H]1CC2CN(C(=O)CCNC3(c4ccc(F)c(Br)c4)CC3)CC1N2c1ccc(C#N)cn1. The highest BCUT2D eigenvalue weighted by molar-refractivity contribution is 9.10. The quantitative estimate of drug-likeness (QED) is 0.635. The average Bonchev–Trinajstić information content (AvgIpc) is 3.57. The molecule has 1 aromatic carbocycles. The van der Waals surface area contributed by atoms with Crippen molar-refractivity contribution in [2.75, 3.05) is 24.5 Å². The van der Waals surface area contributed by atoms with Crippen LogP contribution in [0.2, 0.25) is 0 Å². The number of carbonyl (C=O) groups is 1. The van der Waals surface area contributed by atoms with Gasteiger partial charge in [0.15, 0.2) is 0 Å². The number of anilines is 1. The van der Waals surface area contributed by atoms with Gasteiger partial charge in [0, 0.05) is 43.8 Å². The van der Waals surface area contributed by atoms with Gasteiger partial charge in [-0.1, -0.05) is 13.0 Å².